The van der Waals surface area contributed by atoms with Crippen molar-refractivity contribution in [2.75, 3.05) is 0 Å². The zero-order chi connectivity index (χ0) is 21.5. The van der Waals surface area contributed by atoms with E-state index in [1.165, 1.54) is 0 Å². The molecule has 0 radical (unpaired) electrons. The molecule has 5 heteroatoms. The number of para-hydroxylation sites is 3. The molecule has 4 aromatic carbocycles. The summed E-state index contributed by atoms with van der Waals surface area (Å²) in [7, 11) is -1.86. The van der Waals surface area contributed by atoms with Gasteiger partial charge in [0.15, 0.2) is 5.78 Å². The summed E-state index contributed by atoms with van der Waals surface area (Å²) in [5.41, 5.74) is 2.00. The molecule has 31 heavy (non-hydrogen) atoms. The van der Waals surface area contributed by atoms with Crippen molar-refractivity contribution in [2.24, 2.45) is 0 Å². The normalized spacial score (nSPS) is 10.5. The molecule has 0 aliphatic carbocycles. The molecule has 0 bridgehead atoms. The highest BCUT2D eigenvalue weighted by molar-refractivity contribution is 7.43. The van der Waals surface area contributed by atoms with Gasteiger partial charge in [-0.3, -0.25) is 4.79 Å². The summed E-state index contributed by atoms with van der Waals surface area (Å²) in [6, 6.07) is 33.3. The van der Waals surface area contributed by atoms with Crippen LogP contribution in [-0.2, 0) is 0 Å². The molecule has 0 saturated carbocycles. The van der Waals surface area contributed by atoms with Crippen molar-refractivity contribution in [3.8, 4) is 17.2 Å². The van der Waals surface area contributed by atoms with Crippen LogP contribution in [-0.4, -0.2) is 5.78 Å². The van der Waals surface area contributed by atoms with Gasteiger partial charge >= 0.3 is 8.60 Å². The zero-order valence-corrected chi connectivity index (χ0v) is 17.9. The molecule has 0 N–H and O–H groups in total. The van der Waals surface area contributed by atoms with E-state index < -0.39 is 8.60 Å². The molecular formula is C26H21O4P. The van der Waals surface area contributed by atoms with Crippen LogP contribution in [0.3, 0.4) is 0 Å². The molecule has 0 amide bonds. The van der Waals surface area contributed by atoms with Gasteiger partial charge in [-0.25, -0.2) is 0 Å². The van der Waals surface area contributed by atoms with Gasteiger partial charge in [0.2, 0.25) is 0 Å². The summed E-state index contributed by atoms with van der Waals surface area (Å²) >= 11 is 0. The SMILES string of the molecule is Cc1ccccc1C(=O)c1ccccc1OP(Oc1ccccc1)Oc1ccccc1. The summed E-state index contributed by atoms with van der Waals surface area (Å²) in [5.74, 6) is 1.54. The number of carbonyl (C=O) groups is 1. The molecule has 0 fully saturated rings. The Morgan fingerprint density at radius 2 is 1.06 bits per heavy atom. The summed E-state index contributed by atoms with van der Waals surface area (Å²) < 4.78 is 18.1. The van der Waals surface area contributed by atoms with Gasteiger partial charge in [-0.2, -0.15) is 0 Å². The molecular weight excluding hydrogens is 407 g/mol. The van der Waals surface area contributed by atoms with Crippen LogP contribution in [0.25, 0.3) is 0 Å². The molecule has 0 unspecified atom stereocenters. The molecule has 154 valence electrons. The largest absolute Gasteiger partial charge is 0.530 e. The number of benzene rings is 4. The maximum atomic E-state index is 13.2. The molecule has 4 aromatic rings. The molecule has 0 heterocycles. The van der Waals surface area contributed by atoms with Gasteiger partial charge in [0.1, 0.15) is 17.2 Å². The predicted octanol–water partition coefficient (Wildman–Crippen LogP) is 6.99. The highest BCUT2D eigenvalue weighted by atomic mass is 31.2. The maximum Gasteiger partial charge on any atom is 0.530 e. The van der Waals surface area contributed by atoms with Crippen LogP contribution < -0.4 is 13.6 Å². The summed E-state index contributed by atoms with van der Waals surface area (Å²) in [6.45, 7) is 1.92. The van der Waals surface area contributed by atoms with E-state index in [1.54, 1.807) is 12.1 Å². The maximum absolute atomic E-state index is 13.2. The third kappa shape index (κ3) is 5.30. The molecule has 4 nitrogen and oxygen atoms in total. The van der Waals surface area contributed by atoms with Crippen molar-refractivity contribution in [2.45, 2.75) is 6.92 Å². The second-order valence-corrected chi connectivity index (χ2v) is 7.76. The van der Waals surface area contributed by atoms with Crippen LogP contribution in [0.2, 0.25) is 0 Å². The van der Waals surface area contributed by atoms with E-state index in [0.29, 0.717) is 28.4 Å². The Morgan fingerprint density at radius 3 is 1.65 bits per heavy atom. The molecule has 0 saturated heterocycles. The van der Waals surface area contributed by atoms with E-state index in [9.17, 15) is 4.79 Å². The van der Waals surface area contributed by atoms with E-state index in [4.69, 9.17) is 13.6 Å². The molecule has 0 aliphatic heterocycles. The van der Waals surface area contributed by atoms with Crippen LogP contribution in [0.4, 0.5) is 0 Å². The Kier molecular flexibility index (Phi) is 6.61. The lowest BCUT2D eigenvalue weighted by Gasteiger charge is -2.19. The standard InChI is InChI=1S/C26H21O4P/c1-20-12-8-9-17-23(20)26(27)24-18-10-11-19-25(24)30-31(28-21-13-4-2-5-14-21)29-22-15-6-3-7-16-22/h2-19H,1H3. The first-order valence-corrected chi connectivity index (χ1v) is 10.9. The van der Waals surface area contributed by atoms with Crippen LogP contribution in [0.5, 0.6) is 17.2 Å². The number of aryl methyl sites for hydroxylation is 1. The number of rotatable bonds is 8. The average Bonchev–Trinajstić information content (AvgIpc) is 2.81. The van der Waals surface area contributed by atoms with E-state index >= 15 is 0 Å². The van der Waals surface area contributed by atoms with Gasteiger partial charge in [-0.15, -0.1) is 0 Å². The van der Waals surface area contributed by atoms with Crippen LogP contribution in [0, 0.1) is 6.92 Å². The lowest BCUT2D eigenvalue weighted by molar-refractivity contribution is 0.103. The van der Waals surface area contributed by atoms with E-state index in [-0.39, 0.29) is 5.78 Å². The fourth-order valence-electron chi connectivity index (χ4n) is 2.98. The molecule has 0 aliphatic rings. The number of ketones is 1. The van der Waals surface area contributed by atoms with Crippen molar-refractivity contribution in [3.05, 3.63) is 126 Å². The molecule has 4 rings (SSSR count). The quantitative estimate of drug-likeness (QED) is 0.224. The van der Waals surface area contributed by atoms with Gasteiger partial charge in [0.05, 0.1) is 5.56 Å². The first kappa shape index (κ1) is 20.6. The third-order valence-electron chi connectivity index (χ3n) is 4.54. The fourth-order valence-corrected chi connectivity index (χ4v) is 4.00. The Hall–Kier alpha value is -3.62. The smallest absolute Gasteiger partial charge is 0.409 e. The second-order valence-electron chi connectivity index (χ2n) is 6.76. The highest BCUT2D eigenvalue weighted by Gasteiger charge is 2.24. The van der Waals surface area contributed by atoms with Gasteiger partial charge in [0, 0.05) is 5.56 Å². The van der Waals surface area contributed by atoms with Crippen LogP contribution >= 0.6 is 8.60 Å². The number of carbonyl (C=O) groups excluding carboxylic acids is 1. The van der Waals surface area contributed by atoms with Crippen LogP contribution in [0.1, 0.15) is 21.5 Å². The van der Waals surface area contributed by atoms with Crippen molar-refractivity contribution in [1.82, 2.24) is 0 Å². The monoisotopic (exact) mass is 428 g/mol. The van der Waals surface area contributed by atoms with Crippen molar-refractivity contribution >= 4 is 14.4 Å². The fraction of sp³-hybridized carbons (Fsp3) is 0.0385. The van der Waals surface area contributed by atoms with E-state index in [2.05, 4.69) is 0 Å². The molecule has 0 spiro atoms. The van der Waals surface area contributed by atoms with Gasteiger partial charge in [-0.1, -0.05) is 72.8 Å². The van der Waals surface area contributed by atoms with Gasteiger partial charge < -0.3 is 13.6 Å². The Balaban J connectivity index is 1.63. The minimum absolute atomic E-state index is 0.108. The minimum atomic E-state index is -1.86. The van der Waals surface area contributed by atoms with E-state index in [1.807, 2.05) is 104 Å². The average molecular weight is 428 g/mol. The summed E-state index contributed by atoms with van der Waals surface area (Å²) in [4.78, 5) is 13.2. The lowest BCUT2D eigenvalue weighted by atomic mass is 9.99. The first-order valence-electron chi connectivity index (χ1n) is 9.84. The zero-order valence-electron chi connectivity index (χ0n) is 17.0. The minimum Gasteiger partial charge on any atom is -0.409 e. The predicted molar refractivity (Wildman–Crippen MR) is 123 cm³/mol. The summed E-state index contributed by atoms with van der Waals surface area (Å²) in [6.07, 6.45) is 0. The van der Waals surface area contributed by atoms with E-state index in [0.717, 1.165) is 5.56 Å². The van der Waals surface area contributed by atoms with Crippen molar-refractivity contribution in [3.63, 3.8) is 0 Å². The van der Waals surface area contributed by atoms with Gasteiger partial charge in [0.25, 0.3) is 0 Å². The number of hydrogen-bond donors (Lipinski definition) is 0. The lowest BCUT2D eigenvalue weighted by Crippen LogP contribution is -2.08. The van der Waals surface area contributed by atoms with Crippen molar-refractivity contribution in [1.29, 1.82) is 0 Å². The Bertz CT molecular complexity index is 1100. The topological polar surface area (TPSA) is 44.8 Å². The number of hydrogen-bond acceptors (Lipinski definition) is 4. The molecule has 0 atom stereocenters. The first-order chi connectivity index (χ1) is 15.2. The summed E-state index contributed by atoms with van der Waals surface area (Å²) in [5, 5.41) is 0. The van der Waals surface area contributed by atoms with Crippen molar-refractivity contribution < 1.29 is 18.4 Å². The Morgan fingerprint density at radius 1 is 0.581 bits per heavy atom. The van der Waals surface area contributed by atoms with Gasteiger partial charge in [-0.05, 0) is 48.9 Å². The second kappa shape index (κ2) is 9.92. The van der Waals surface area contributed by atoms with Crippen LogP contribution in [0.15, 0.2) is 109 Å². The Labute approximate surface area is 183 Å². The molecule has 0 aromatic heterocycles. The third-order valence-corrected chi connectivity index (χ3v) is 5.61. The highest BCUT2D eigenvalue weighted by Crippen LogP contribution is 2.43.